The van der Waals surface area contributed by atoms with Gasteiger partial charge in [-0.25, -0.2) is 14.4 Å². The average Bonchev–Trinajstić information content (AvgIpc) is 2.64. The average molecular weight is 394 g/mol. The number of allylic oxidation sites excluding steroid dienone is 2. The molecule has 0 atom stereocenters. The van der Waals surface area contributed by atoms with Crippen LogP contribution in [0, 0.1) is 0 Å². The van der Waals surface area contributed by atoms with Crippen molar-refractivity contribution < 1.29 is 9.18 Å². The number of nitrogens with zero attached hydrogens (tertiary/aromatic N) is 4. The number of nitrogens with two attached hydrogens (primary N) is 1. The molecule has 0 radical (unpaired) electrons. The summed E-state index contributed by atoms with van der Waals surface area (Å²) in [5, 5.41) is 12.9. The van der Waals surface area contributed by atoms with E-state index >= 15 is 0 Å². The van der Waals surface area contributed by atoms with Crippen molar-refractivity contribution in [3.05, 3.63) is 48.1 Å². The van der Waals surface area contributed by atoms with E-state index in [0.717, 1.165) is 30.5 Å². The minimum atomic E-state index is -0.472. The predicted octanol–water partition coefficient (Wildman–Crippen LogP) is 4.12. The third kappa shape index (κ3) is 7.52. The maximum atomic E-state index is 12.9. The number of carbonyl (C=O) groups excluding carboxylic acids is 1. The molecule has 0 aromatic carbocycles. The van der Waals surface area contributed by atoms with Crippen molar-refractivity contribution in [2.75, 3.05) is 13.1 Å². The van der Waals surface area contributed by atoms with Crippen LogP contribution in [0.4, 0.5) is 4.39 Å². The molecule has 0 fully saturated rings. The van der Waals surface area contributed by atoms with E-state index in [-0.39, 0.29) is 12.3 Å². The third-order valence-corrected chi connectivity index (χ3v) is 4.03. The fraction of sp³-hybridized carbons (Fsp3) is 0.421. The van der Waals surface area contributed by atoms with Gasteiger partial charge in [-0.1, -0.05) is 45.0 Å². The van der Waals surface area contributed by atoms with Crippen molar-refractivity contribution >= 4 is 29.8 Å². The number of rotatable bonds is 11. The van der Waals surface area contributed by atoms with Gasteiger partial charge in [0.15, 0.2) is 0 Å². The summed E-state index contributed by atoms with van der Waals surface area (Å²) in [6.07, 6.45) is 7.28. The summed E-state index contributed by atoms with van der Waals surface area (Å²) in [5.41, 5.74) is 1.11. The summed E-state index contributed by atoms with van der Waals surface area (Å²) in [6.45, 7) is 12.3. The van der Waals surface area contributed by atoms with Crippen molar-refractivity contribution in [3.63, 3.8) is 0 Å². The van der Waals surface area contributed by atoms with Crippen molar-refractivity contribution in [3.8, 4) is 0 Å². The van der Waals surface area contributed by atoms with Crippen LogP contribution in [-0.2, 0) is 4.79 Å². The van der Waals surface area contributed by atoms with Crippen LogP contribution in [0.2, 0.25) is 0 Å². The number of carbonyl (C=O) groups is 1. The van der Waals surface area contributed by atoms with Gasteiger partial charge in [0, 0.05) is 31.4 Å². The van der Waals surface area contributed by atoms with Crippen LogP contribution in [0.25, 0.3) is 0 Å². The van der Waals surface area contributed by atoms with Gasteiger partial charge in [-0.05, 0) is 30.7 Å². The summed E-state index contributed by atoms with van der Waals surface area (Å²) in [6, 6.07) is 0. The number of amides is 1. The van der Waals surface area contributed by atoms with Crippen LogP contribution < -0.4 is 5.14 Å². The molecule has 27 heavy (non-hydrogen) atoms. The van der Waals surface area contributed by atoms with Crippen LogP contribution in [0.15, 0.2) is 58.2 Å². The summed E-state index contributed by atoms with van der Waals surface area (Å²) in [7, 11) is 0. The maximum absolute atomic E-state index is 12.9. The van der Waals surface area contributed by atoms with Gasteiger partial charge in [-0.15, -0.1) is 0 Å². The molecule has 1 rings (SSSR count). The molecule has 148 valence electrons. The lowest BCUT2D eigenvalue weighted by molar-refractivity contribution is -0.124. The topological polar surface area (TPSA) is 74.3 Å². The molecule has 0 aliphatic carbocycles. The number of hydrogen-bond acceptors (Lipinski definition) is 6. The Labute approximate surface area is 165 Å². The highest BCUT2D eigenvalue weighted by Gasteiger charge is 2.24. The maximum Gasteiger partial charge on any atom is 0.272 e. The molecule has 1 aliphatic heterocycles. The van der Waals surface area contributed by atoms with Gasteiger partial charge >= 0.3 is 0 Å². The van der Waals surface area contributed by atoms with E-state index in [1.807, 2.05) is 19.9 Å². The standard InChI is InChI=1S/C19H28FN5OS/c1-5-11-24(12-7-8-13-27-21)19(26)18-14-17(6-2)25(16(4)23-18)22-10-9-15(3)20/h8,10,13-14H,3-7,9,11-12,21H2,1-2H3/b13-8-,22-10+. The first kappa shape index (κ1) is 22.9. The SMILES string of the molecule is C=C(F)C/C=N/N1C(=C)N=C(C(=O)N(CCC)CC/C=C\SN)C=C1CC. The molecule has 0 aromatic heterocycles. The lowest BCUT2D eigenvalue weighted by atomic mass is 10.2. The van der Waals surface area contributed by atoms with Crippen molar-refractivity contribution in [1.29, 1.82) is 0 Å². The van der Waals surface area contributed by atoms with Gasteiger partial charge in [0.25, 0.3) is 5.91 Å². The molecule has 1 aliphatic rings. The molecule has 0 saturated carbocycles. The summed E-state index contributed by atoms with van der Waals surface area (Å²) in [4.78, 5) is 19.0. The molecule has 0 aromatic rings. The van der Waals surface area contributed by atoms with Crippen molar-refractivity contribution in [1.82, 2.24) is 9.91 Å². The summed E-state index contributed by atoms with van der Waals surface area (Å²) >= 11 is 1.14. The first-order valence-corrected chi connectivity index (χ1v) is 9.82. The van der Waals surface area contributed by atoms with Gasteiger partial charge in [-0.3, -0.25) is 9.93 Å². The zero-order chi connectivity index (χ0) is 20.2. The van der Waals surface area contributed by atoms with E-state index in [1.54, 1.807) is 16.4 Å². The van der Waals surface area contributed by atoms with E-state index in [9.17, 15) is 9.18 Å². The quantitative estimate of drug-likeness (QED) is 0.423. The van der Waals surface area contributed by atoms with Crippen molar-refractivity contribution in [2.24, 2.45) is 15.2 Å². The van der Waals surface area contributed by atoms with E-state index < -0.39 is 5.83 Å². The zero-order valence-corrected chi connectivity index (χ0v) is 16.8. The van der Waals surface area contributed by atoms with Crippen LogP contribution in [0.5, 0.6) is 0 Å². The lowest BCUT2D eigenvalue weighted by Gasteiger charge is -2.27. The third-order valence-electron chi connectivity index (χ3n) is 3.68. The Morgan fingerprint density at radius 2 is 2.22 bits per heavy atom. The lowest BCUT2D eigenvalue weighted by Crippen LogP contribution is -2.39. The molecule has 1 heterocycles. The second kappa shape index (κ2) is 12.2. The minimum Gasteiger partial charge on any atom is -0.337 e. The van der Waals surface area contributed by atoms with Crippen LogP contribution in [0.1, 0.15) is 39.5 Å². The molecule has 0 unspecified atom stereocenters. The molecule has 6 nitrogen and oxygen atoms in total. The van der Waals surface area contributed by atoms with Gasteiger partial charge in [-0.2, -0.15) is 5.10 Å². The van der Waals surface area contributed by atoms with Crippen molar-refractivity contribution in [2.45, 2.75) is 39.5 Å². The van der Waals surface area contributed by atoms with E-state index in [2.05, 4.69) is 23.3 Å². The highest BCUT2D eigenvalue weighted by Crippen LogP contribution is 2.22. The first-order chi connectivity index (χ1) is 12.9. The Balaban J connectivity index is 2.93. The van der Waals surface area contributed by atoms with Crippen LogP contribution >= 0.6 is 11.9 Å². The van der Waals surface area contributed by atoms with Crippen LogP contribution in [0.3, 0.4) is 0 Å². The molecular formula is C19H28FN5OS. The normalized spacial score (nSPS) is 14.7. The Bertz CT molecular complexity index is 669. The highest BCUT2D eigenvalue weighted by atomic mass is 32.2. The Morgan fingerprint density at radius 3 is 2.81 bits per heavy atom. The molecule has 8 heteroatoms. The zero-order valence-electron chi connectivity index (χ0n) is 16.0. The minimum absolute atomic E-state index is 0.0230. The van der Waals surface area contributed by atoms with Gasteiger partial charge in [0.2, 0.25) is 0 Å². The van der Waals surface area contributed by atoms with E-state index in [4.69, 9.17) is 5.14 Å². The summed E-state index contributed by atoms with van der Waals surface area (Å²) < 4.78 is 12.8. The number of aliphatic imine (C=N–C) groups is 1. The molecule has 0 saturated heterocycles. The van der Waals surface area contributed by atoms with Gasteiger partial charge < -0.3 is 4.90 Å². The fourth-order valence-electron chi connectivity index (χ4n) is 2.43. The molecule has 1 amide bonds. The number of hydrazone groups is 1. The Hall–Kier alpha value is -2.19. The second-order valence-corrected chi connectivity index (χ2v) is 6.37. The molecule has 0 spiro atoms. The van der Waals surface area contributed by atoms with Gasteiger partial charge in [0.05, 0.1) is 5.83 Å². The van der Waals surface area contributed by atoms with E-state index in [1.165, 1.54) is 11.2 Å². The smallest absolute Gasteiger partial charge is 0.272 e. The Kier molecular flexibility index (Phi) is 10.4. The summed E-state index contributed by atoms with van der Waals surface area (Å²) in [5.74, 6) is -0.284. The Morgan fingerprint density at radius 1 is 1.48 bits per heavy atom. The fourth-order valence-corrected chi connectivity index (χ4v) is 2.68. The van der Waals surface area contributed by atoms with Gasteiger partial charge in [0.1, 0.15) is 11.5 Å². The second-order valence-electron chi connectivity index (χ2n) is 5.82. The molecular weight excluding hydrogens is 365 g/mol. The number of hydrogen-bond donors (Lipinski definition) is 1. The molecule has 2 N–H and O–H groups in total. The number of halogens is 1. The largest absolute Gasteiger partial charge is 0.337 e. The van der Waals surface area contributed by atoms with Crippen LogP contribution in [-0.4, -0.2) is 40.8 Å². The monoisotopic (exact) mass is 393 g/mol. The van der Waals surface area contributed by atoms with E-state index in [0.29, 0.717) is 31.0 Å². The first-order valence-electron chi connectivity index (χ1n) is 8.88. The highest BCUT2D eigenvalue weighted by molar-refractivity contribution is 7.99. The molecule has 0 bridgehead atoms. The predicted molar refractivity (Wildman–Crippen MR) is 113 cm³/mol.